The molecular formula is C10H18O5S. The van der Waals surface area contributed by atoms with Crippen molar-refractivity contribution in [2.75, 3.05) is 18.1 Å². The van der Waals surface area contributed by atoms with Crippen molar-refractivity contribution >= 4 is 22.7 Å². The van der Waals surface area contributed by atoms with E-state index in [0.717, 1.165) is 19.3 Å². The van der Waals surface area contributed by atoms with E-state index in [-0.39, 0.29) is 17.9 Å². The van der Waals surface area contributed by atoms with Gasteiger partial charge in [-0.1, -0.05) is 19.8 Å². The molecule has 0 aromatic heterocycles. The Morgan fingerprint density at radius 1 is 1.31 bits per heavy atom. The van der Waals surface area contributed by atoms with Crippen molar-refractivity contribution < 1.29 is 23.6 Å². The normalized spacial score (nSPS) is 12.1. The van der Waals surface area contributed by atoms with Crippen molar-refractivity contribution in [2.24, 2.45) is 0 Å². The van der Waals surface area contributed by atoms with Gasteiger partial charge >= 0.3 is 11.9 Å². The first-order chi connectivity index (χ1) is 7.56. The van der Waals surface area contributed by atoms with Crippen molar-refractivity contribution in [3.8, 4) is 0 Å². The van der Waals surface area contributed by atoms with Gasteiger partial charge < -0.3 is 9.84 Å². The molecule has 16 heavy (non-hydrogen) atoms. The Labute approximate surface area is 97.6 Å². The second-order valence-corrected chi connectivity index (χ2v) is 4.94. The number of carbonyl (C=O) groups is 2. The second kappa shape index (κ2) is 9.33. The molecule has 0 aliphatic heterocycles. The summed E-state index contributed by atoms with van der Waals surface area (Å²) in [6, 6.07) is 0. The van der Waals surface area contributed by atoms with E-state index in [0.29, 0.717) is 6.61 Å². The van der Waals surface area contributed by atoms with Crippen LogP contribution < -0.4 is 0 Å². The van der Waals surface area contributed by atoms with Gasteiger partial charge in [0.25, 0.3) is 0 Å². The molecule has 1 atom stereocenters. The molecule has 0 saturated carbocycles. The van der Waals surface area contributed by atoms with Crippen LogP contribution in [0.25, 0.3) is 0 Å². The summed E-state index contributed by atoms with van der Waals surface area (Å²) in [5.41, 5.74) is 0. The SMILES string of the molecule is CCCCCOC(=O)CS(=O)CCC(=O)O. The Hall–Kier alpha value is -0.910. The fourth-order valence-corrected chi connectivity index (χ4v) is 1.88. The summed E-state index contributed by atoms with van der Waals surface area (Å²) >= 11 is 0. The lowest BCUT2D eigenvalue weighted by Crippen LogP contribution is -2.17. The fourth-order valence-electron chi connectivity index (χ4n) is 0.984. The Kier molecular flexibility index (Phi) is 8.80. The Morgan fingerprint density at radius 3 is 2.56 bits per heavy atom. The Morgan fingerprint density at radius 2 is 2.00 bits per heavy atom. The van der Waals surface area contributed by atoms with Crippen LogP contribution >= 0.6 is 0 Å². The number of carbonyl (C=O) groups excluding carboxylic acids is 1. The lowest BCUT2D eigenvalue weighted by Gasteiger charge is -2.03. The summed E-state index contributed by atoms with van der Waals surface area (Å²) in [5.74, 6) is -1.73. The summed E-state index contributed by atoms with van der Waals surface area (Å²) < 4.78 is 16.0. The van der Waals surface area contributed by atoms with Gasteiger partial charge in [-0.25, -0.2) is 0 Å². The van der Waals surface area contributed by atoms with Crippen molar-refractivity contribution in [3.63, 3.8) is 0 Å². The minimum Gasteiger partial charge on any atom is -0.481 e. The molecule has 0 fully saturated rings. The van der Waals surface area contributed by atoms with Gasteiger partial charge in [-0.15, -0.1) is 0 Å². The molecule has 0 spiro atoms. The van der Waals surface area contributed by atoms with Crippen LogP contribution in [-0.4, -0.2) is 39.4 Å². The lowest BCUT2D eigenvalue weighted by atomic mass is 10.3. The molecule has 0 radical (unpaired) electrons. The number of ether oxygens (including phenoxy) is 1. The number of hydrogen-bond acceptors (Lipinski definition) is 4. The van der Waals surface area contributed by atoms with E-state index in [1.54, 1.807) is 0 Å². The monoisotopic (exact) mass is 250 g/mol. The standard InChI is InChI=1S/C10H18O5S/c1-2-3-4-6-15-10(13)8-16(14)7-5-9(11)12/h2-8H2,1H3,(H,11,12). The van der Waals surface area contributed by atoms with Gasteiger partial charge in [-0.2, -0.15) is 0 Å². The minimum absolute atomic E-state index is 0.000602. The molecule has 6 heteroatoms. The summed E-state index contributed by atoms with van der Waals surface area (Å²) in [6.45, 7) is 2.39. The summed E-state index contributed by atoms with van der Waals surface area (Å²) in [7, 11) is -1.43. The average molecular weight is 250 g/mol. The zero-order valence-corrected chi connectivity index (χ0v) is 10.3. The highest BCUT2D eigenvalue weighted by Crippen LogP contribution is 1.96. The quantitative estimate of drug-likeness (QED) is 0.486. The molecule has 0 rings (SSSR count). The largest absolute Gasteiger partial charge is 0.481 e. The van der Waals surface area contributed by atoms with Crippen LogP contribution in [0.5, 0.6) is 0 Å². The highest BCUT2D eigenvalue weighted by molar-refractivity contribution is 7.85. The van der Waals surface area contributed by atoms with E-state index in [9.17, 15) is 13.8 Å². The molecule has 0 aromatic carbocycles. The molecule has 5 nitrogen and oxygen atoms in total. The van der Waals surface area contributed by atoms with Crippen LogP contribution in [0.2, 0.25) is 0 Å². The number of aliphatic carboxylic acids is 1. The molecule has 0 aliphatic carbocycles. The molecule has 0 aromatic rings. The van der Waals surface area contributed by atoms with Crippen molar-refractivity contribution in [2.45, 2.75) is 32.6 Å². The first-order valence-electron chi connectivity index (χ1n) is 5.28. The van der Waals surface area contributed by atoms with E-state index >= 15 is 0 Å². The molecule has 0 bridgehead atoms. The maximum absolute atomic E-state index is 11.2. The van der Waals surface area contributed by atoms with Gasteiger partial charge in [0.05, 0.1) is 13.0 Å². The van der Waals surface area contributed by atoms with E-state index in [2.05, 4.69) is 0 Å². The smallest absolute Gasteiger partial charge is 0.318 e. The van der Waals surface area contributed by atoms with Gasteiger partial charge in [0.15, 0.2) is 0 Å². The highest BCUT2D eigenvalue weighted by Gasteiger charge is 2.10. The van der Waals surface area contributed by atoms with Gasteiger partial charge in [0, 0.05) is 16.6 Å². The number of rotatable bonds is 9. The summed E-state index contributed by atoms with van der Waals surface area (Å²) in [6.07, 6.45) is 2.66. The third-order valence-corrected chi connectivity index (χ3v) is 3.05. The van der Waals surface area contributed by atoms with Crippen LogP contribution in [0.4, 0.5) is 0 Å². The molecule has 1 N–H and O–H groups in total. The lowest BCUT2D eigenvalue weighted by molar-refractivity contribution is -0.140. The predicted molar refractivity (Wildman–Crippen MR) is 60.6 cm³/mol. The van der Waals surface area contributed by atoms with Crippen LogP contribution in [0.3, 0.4) is 0 Å². The predicted octanol–water partition coefficient (Wildman–Crippen LogP) is 0.943. The molecule has 0 aliphatic rings. The van der Waals surface area contributed by atoms with Gasteiger partial charge in [0.1, 0.15) is 5.75 Å². The van der Waals surface area contributed by atoms with Crippen molar-refractivity contribution in [3.05, 3.63) is 0 Å². The number of unbranched alkanes of at least 4 members (excludes halogenated alkanes) is 2. The fraction of sp³-hybridized carbons (Fsp3) is 0.800. The molecule has 0 saturated heterocycles. The number of esters is 1. The third-order valence-electron chi connectivity index (χ3n) is 1.83. The number of hydrogen-bond donors (Lipinski definition) is 1. The molecule has 1 unspecified atom stereocenters. The summed E-state index contributed by atoms with van der Waals surface area (Å²) in [4.78, 5) is 21.3. The third kappa shape index (κ3) is 9.64. The zero-order chi connectivity index (χ0) is 12.4. The zero-order valence-electron chi connectivity index (χ0n) is 9.44. The van der Waals surface area contributed by atoms with E-state index in [1.165, 1.54) is 0 Å². The van der Waals surface area contributed by atoms with E-state index in [4.69, 9.17) is 9.84 Å². The number of carboxylic acids is 1. The van der Waals surface area contributed by atoms with E-state index in [1.807, 2.05) is 6.92 Å². The minimum atomic E-state index is -1.43. The number of carboxylic acid groups (broad SMARTS) is 1. The van der Waals surface area contributed by atoms with Crippen LogP contribution in [0.15, 0.2) is 0 Å². The first kappa shape index (κ1) is 15.1. The topological polar surface area (TPSA) is 80.7 Å². The van der Waals surface area contributed by atoms with Crippen LogP contribution in [0, 0.1) is 0 Å². The van der Waals surface area contributed by atoms with Gasteiger partial charge in [0.2, 0.25) is 0 Å². The van der Waals surface area contributed by atoms with Crippen LogP contribution in [0.1, 0.15) is 32.6 Å². The first-order valence-corrected chi connectivity index (χ1v) is 6.77. The summed E-state index contributed by atoms with van der Waals surface area (Å²) in [5, 5.41) is 8.35. The van der Waals surface area contributed by atoms with E-state index < -0.39 is 22.7 Å². The highest BCUT2D eigenvalue weighted by atomic mass is 32.2. The molecule has 94 valence electrons. The van der Waals surface area contributed by atoms with Crippen molar-refractivity contribution in [1.82, 2.24) is 0 Å². The van der Waals surface area contributed by atoms with Gasteiger partial charge in [-0.3, -0.25) is 13.8 Å². The van der Waals surface area contributed by atoms with Gasteiger partial charge in [-0.05, 0) is 6.42 Å². The molecular weight excluding hydrogens is 232 g/mol. The maximum atomic E-state index is 11.2. The Bertz CT molecular complexity index is 252. The second-order valence-electron chi connectivity index (χ2n) is 3.36. The molecule has 0 heterocycles. The maximum Gasteiger partial charge on any atom is 0.318 e. The van der Waals surface area contributed by atoms with Crippen molar-refractivity contribution in [1.29, 1.82) is 0 Å². The van der Waals surface area contributed by atoms with Crippen LogP contribution in [-0.2, 0) is 25.1 Å². The Balaban J connectivity index is 3.54. The average Bonchev–Trinajstić information content (AvgIpc) is 2.21. The molecule has 0 amide bonds.